The van der Waals surface area contributed by atoms with Crippen LogP contribution in [0.15, 0.2) is 24.3 Å². The van der Waals surface area contributed by atoms with E-state index in [0.29, 0.717) is 18.4 Å². The summed E-state index contributed by atoms with van der Waals surface area (Å²) in [7, 11) is 0. The first kappa shape index (κ1) is 19.5. The quantitative estimate of drug-likeness (QED) is 0.876. The number of nitrogens with zero attached hydrogens (tertiary/aromatic N) is 3. The van der Waals surface area contributed by atoms with Crippen molar-refractivity contribution in [1.29, 1.82) is 0 Å². The second kappa shape index (κ2) is 7.80. The van der Waals surface area contributed by atoms with Gasteiger partial charge in [0.25, 0.3) is 0 Å². The van der Waals surface area contributed by atoms with Crippen LogP contribution >= 0.6 is 0 Å². The van der Waals surface area contributed by atoms with E-state index in [1.54, 1.807) is 12.1 Å². The third kappa shape index (κ3) is 3.90. The fourth-order valence-corrected chi connectivity index (χ4v) is 4.24. The number of hydrogen-bond donors (Lipinski definition) is 1. The summed E-state index contributed by atoms with van der Waals surface area (Å²) < 4.78 is 16.5. The Morgan fingerprint density at radius 2 is 1.93 bits per heavy atom. The number of aryl methyl sites for hydroxylation is 2. The van der Waals surface area contributed by atoms with Crippen LogP contribution in [0.4, 0.5) is 4.39 Å². The second-order valence-electron chi connectivity index (χ2n) is 7.48. The van der Waals surface area contributed by atoms with Crippen molar-refractivity contribution in [2.45, 2.75) is 59.2 Å². The molecule has 0 unspecified atom stereocenters. The van der Waals surface area contributed by atoms with Crippen molar-refractivity contribution < 1.29 is 9.18 Å². The second-order valence-corrected chi connectivity index (χ2v) is 7.48. The van der Waals surface area contributed by atoms with Gasteiger partial charge in [0.2, 0.25) is 5.91 Å². The Kier molecular flexibility index (Phi) is 5.65. The van der Waals surface area contributed by atoms with Crippen LogP contribution in [-0.4, -0.2) is 33.7 Å². The zero-order chi connectivity index (χ0) is 19.6. The highest BCUT2D eigenvalue weighted by atomic mass is 19.1. The summed E-state index contributed by atoms with van der Waals surface area (Å²) in [6, 6.07) is 6.78. The molecular weight excluding hydrogens is 343 g/mol. The molecule has 1 saturated heterocycles. The highest BCUT2D eigenvalue weighted by Crippen LogP contribution is 2.35. The minimum absolute atomic E-state index is 0.123. The number of piperidine rings is 1. The monoisotopic (exact) mass is 372 g/mol. The lowest BCUT2D eigenvalue weighted by Gasteiger charge is -2.42. The number of likely N-dealkylation sites (tertiary alicyclic amines) is 1. The Bertz CT molecular complexity index is 822. The molecule has 146 valence electrons. The molecule has 3 rings (SSSR count). The van der Waals surface area contributed by atoms with Gasteiger partial charge < -0.3 is 5.32 Å². The van der Waals surface area contributed by atoms with Gasteiger partial charge in [-0.1, -0.05) is 18.2 Å². The molecule has 0 bridgehead atoms. The summed E-state index contributed by atoms with van der Waals surface area (Å²) in [5, 5.41) is 7.66. The molecule has 1 N–H and O–H groups in total. The first-order valence-corrected chi connectivity index (χ1v) is 9.65. The molecule has 0 saturated carbocycles. The summed E-state index contributed by atoms with van der Waals surface area (Å²) in [6.45, 7) is 11.1. The lowest BCUT2D eigenvalue weighted by Crippen LogP contribution is -2.52. The number of hydrogen-bond acceptors (Lipinski definition) is 3. The lowest BCUT2D eigenvalue weighted by molar-refractivity contribution is -0.121. The summed E-state index contributed by atoms with van der Waals surface area (Å²) in [5.41, 5.74) is 3.51. The van der Waals surface area contributed by atoms with Crippen molar-refractivity contribution in [3.05, 3.63) is 52.6 Å². The lowest BCUT2D eigenvalue weighted by atomic mass is 9.80. The number of rotatable bonds is 5. The summed E-state index contributed by atoms with van der Waals surface area (Å²) >= 11 is 0. The van der Waals surface area contributed by atoms with Gasteiger partial charge >= 0.3 is 0 Å². The molecule has 2 aromatic rings. The van der Waals surface area contributed by atoms with E-state index < -0.39 is 5.54 Å². The average molecular weight is 372 g/mol. The molecule has 1 aromatic carbocycles. The topological polar surface area (TPSA) is 50.2 Å². The highest BCUT2D eigenvalue weighted by Gasteiger charge is 2.39. The molecule has 1 amide bonds. The minimum atomic E-state index is -0.634. The normalized spacial score (nSPS) is 17.1. The van der Waals surface area contributed by atoms with Gasteiger partial charge in [-0.15, -0.1) is 0 Å². The number of carbonyl (C=O) groups excluding carboxylic acids is 1. The fourth-order valence-electron chi connectivity index (χ4n) is 4.24. The van der Waals surface area contributed by atoms with Gasteiger partial charge in [0.1, 0.15) is 5.82 Å². The maximum atomic E-state index is 14.5. The Labute approximate surface area is 160 Å². The molecular formula is C21H29FN4O. The highest BCUT2D eigenvalue weighted by molar-refractivity contribution is 5.74. The van der Waals surface area contributed by atoms with E-state index in [-0.39, 0.29) is 11.7 Å². The zero-order valence-corrected chi connectivity index (χ0v) is 16.7. The van der Waals surface area contributed by atoms with E-state index in [1.807, 2.05) is 10.7 Å². The van der Waals surface area contributed by atoms with E-state index in [9.17, 15) is 9.18 Å². The van der Waals surface area contributed by atoms with E-state index in [2.05, 4.69) is 36.1 Å². The maximum Gasteiger partial charge on any atom is 0.217 e. The minimum Gasteiger partial charge on any atom is -0.347 e. The number of carbonyl (C=O) groups is 1. The van der Waals surface area contributed by atoms with Gasteiger partial charge in [0.15, 0.2) is 0 Å². The fraction of sp³-hybridized carbons (Fsp3) is 0.524. The molecule has 2 heterocycles. The van der Waals surface area contributed by atoms with Crippen molar-refractivity contribution in [2.75, 3.05) is 13.1 Å². The third-order valence-electron chi connectivity index (χ3n) is 5.73. The Morgan fingerprint density at radius 1 is 1.26 bits per heavy atom. The molecule has 6 heteroatoms. The van der Waals surface area contributed by atoms with Crippen LogP contribution in [0, 0.1) is 19.7 Å². The third-order valence-corrected chi connectivity index (χ3v) is 5.73. The number of nitrogens with one attached hydrogen (secondary N) is 1. The van der Waals surface area contributed by atoms with Crippen LogP contribution in [0.2, 0.25) is 0 Å². The molecule has 1 aromatic heterocycles. The molecule has 0 aliphatic carbocycles. The smallest absolute Gasteiger partial charge is 0.217 e. The summed E-state index contributed by atoms with van der Waals surface area (Å²) in [6.07, 6.45) is 1.38. The molecule has 0 spiro atoms. The predicted octanol–water partition coefficient (Wildman–Crippen LogP) is 3.29. The van der Waals surface area contributed by atoms with Crippen LogP contribution in [0.25, 0.3) is 0 Å². The standard InChI is InChI=1S/C21H29FN4O/c1-5-26-16(3)18(15(2)24-26)14-25-12-10-21(11-13-25,23-17(4)27)19-8-6-7-9-20(19)22/h6-9H,5,10-14H2,1-4H3,(H,23,27). The van der Waals surface area contributed by atoms with E-state index >= 15 is 0 Å². The van der Waals surface area contributed by atoms with Gasteiger partial charge in [-0.25, -0.2) is 4.39 Å². The molecule has 27 heavy (non-hydrogen) atoms. The average Bonchev–Trinajstić information content (AvgIpc) is 2.90. The largest absolute Gasteiger partial charge is 0.347 e. The first-order chi connectivity index (χ1) is 12.9. The predicted molar refractivity (Wildman–Crippen MR) is 104 cm³/mol. The van der Waals surface area contributed by atoms with Crippen LogP contribution in [-0.2, 0) is 23.4 Å². The molecule has 0 atom stereocenters. The SMILES string of the molecule is CCn1nc(C)c(CN2CCC(NC(C)=O)(c3ccccc3F)CC2)c1C. The van der Waals surface area contributed by atoms with E-state index in [1.165, 1.54) is 24.2 Å². The molecule has 1 aliphatic heterocycles. The number of halogens is 1. The molecule has 5 nitrogen and oxygen atoms in total. The van der Waals surface area contributed by atoms with Crippen LogP contribution in [0.1, 0.15) is 49.2 Å². The van der Waals surface area contributed by atoms with Gasteiger partial charge in [0, 0.05) is 49.9 Å². The van der Waals surface area contributed by atoms with Gasteiger partial charge in [-0.05, 0) is 39.7 Å². The number of benzene rings is 1. The zero-order valence-electron chi connectivity index (χ0n) is 16.7. The number of aromatic nitrogens is 2. The van der Waals surface area contributed by atoms with Crippen LogP contribution in [0.3, 0.4) is 0 Å². The summed E-state index contributed by atoms with van der Waals surface area (Å²) in [5.74, 6) is -0.377. The Balaban J connectivity index is 1.78. The Hall–Kier alpha value is -2.21. The van der Waals surface area contributed by atoms with Gasteiger partial charge in [-0.3, -0.25) is 14.4 Å². The maximum absolute atomic E-state index is 14.5. The van der Waals surface area contributed by atoms with Crippen LogP contribution < -0.4 is 5.32 Å². The van der Waals surface area contributed by atoms with Crippen molar-refractivity contribution in [2.24, 2.45) is 0 Å². The van der Waals surface area contributed by atoms with Crippen LogP contribution in [0.5, 0.6) is 0 Å². The van der Waals surface area contributed by atoms with E-state index in [0.717, 1.165) is 31.9 Å². The van der Waals surface area contributed by atoms with Crippen molar-refractivity contribution in [3.63, 3.8) is 0 Å². The van der Waals surface area contributed by atoms with Crippen molar-refractivity contribution >= 4 is 5.91 Å². The molecule has 1 aliphatic rings. The summed E-state index contributed by atoms with van der Waals surface area (Å²) in [4.78, 5) is 14.2. The Morgan fingerprint density at radius 3 is 2.48 bits per heavy atom. The van der Waals surface area contributed by atoms with E-state index in [4.69, 9.17) is 0 Å². The molecule has 0 radical (unpaired) electrons. The van der Waals surface area contributed by atoms with Gasteiger partial charge in [0.05, 0.1) is 11.2 Å². The molecule has 1 fully saturated rings. The first-order valence-electron chi connectivity index (χ1n) is 9.65. The number of amides is 1. The van der Waals surface area contributed by atoms with Gasteiger partial charge in [-0.2, -0.15) is 5.10 Å². The van der Waals surface area contributed by atoms with Crippen molar-refractivity contribution in [1.82, 2.24) is 20.0 Å². The van der Waals surface area contributed by atoms with Crippen molar-refractivity contribution in [3.8, 4) is 0 Å².